The number of nitrogens with zero attached hydrogens (tertiary/aromatic N) is 2. The summed E-state index contributed by atoms with van der Waals surface area (Å²) < 4.78 is 5.06. The highest BCUT2D eigenvalue weighted by Gasteiger charge is 2.43. The molecule has 1 atom stereocenters. The third-order valence-corrected chi connectivity index (χ3v) is 5.33. The molecule has 0 unspecified atom stereocenters. The van der Waals surface area contributed by atoms with E-state index in [1.54, 1.807) is 12.0 Å². The zero-order valence-electron chi connectivity index (χ0n) is 14.4. The van der Waals surface area contributed by atoms with Crippen molar-refractivity contribution in [2.24, 2.45) is 11.8 Å². The van der Waals surface area contributed by atoms with Crippen molar-refractivity contribution in [1.29, 1.82) is 0 Å². The van der Waals surface area contributed by atoms with E-state index >= 15 is 0 Å². The van der Waals surface area contributed by atoms with Crippen LogP contribution in [0.5, 0.6) is 0 Å². The lowest BCUT2D eigenvalue weighted by Crippen LogP contribution is -2.59. The second-order valence-corrected chi connectivity index (χ2v) is 7.28. The Balaban J connectivity index is 1.89. The largest absolute Gasteiger partial charge is 0.383 e. The number of methoxy groups -OCH3 is 1. The number of likely N-dealkylation sites (tertiary alicyclic amines) is 2. The van der Waals surface area contributed by atoms with Gasteiger partial charge >= 0.3 is 0 Å². The monoisotopic (exact) mass is 312 g/mol. The molecule has 0 radical (unpaired) electrons. The molecule has 2 fully saturated rings. The van der Waals surface area contributed by atoms with E-state index in [0.717, 1.165) is 37.9 Å². The molecule has 2 saturated heterocycles. The molecule has 2 aliphatic heterocycles. The van der Waals surface area contributed by atoms with Crippen molar-refractivity contribution in [2.45, 2.75) is 45.1 Å². The van der Waals surface area contributed by atoms with Gasteiger partial charge in [0.1, 0.15) is 0 Å². The third kappa shape index (κ3) is 4.21. The Hall–Kier alpha value is -0.650. The Morgan fingerprint density at radius 3 is 2.59 bits per heavy atom. The molecule has 0 saturated carbocycles. The minimum atomic E-state index is -1.20. The molecule has 0 aromatic carbocycles. The van der Waals surface area contributed by atoms with Crippen LogP contribution in [0.15, 0.2) is 0 Å². The second kappa shape index (κ2) is 7.75. The van der Waals surface area contributed by atoms with Crippen LogP contribution in [0.3, 0.4) is 0 Å². The van der Waals surface area contributed by atoms with Gasteiger partial charge in [-0.25, -0.2) is 0 Å². The van der Waals surface area contributed by atoms with Gasteiger partial charge in [0.05, 0.1) is 6.61 Å². The van der Waals surface area contributed by atoms with Gasteiger partial charge in [-0.15, -0.1) is 0 Å². The zero-order chi connectivity index (χ0) is 16.2. The van der Waals surface area contributed by atoms with Gasteiger partial charge in [0.25, 0.3) is 5.91 Å². The van der Waals surface area contributed by atoms with E-state index in [1.165, 1.54) is 12.8 Å². The van der Waals surface area contributed by atoms with Crippen LogP contribution in [0.4, 0.5) is 0 Å². The van der Waals surface area contributed by atoms with Crippen LogP contribution in [0, 0.1) is 11.8 Å². The van der Waals surface area contributed by atoms with Crippen molar-refractivity contribution in [3.63, 3.8) is 0 Å². The molecule has 1 amide bonds. The molecule has 2 rings (SSSR count). The molecule has 0 bridgehead atoms. The Labute approximate surface area is 134 Å². The molecule has 0 aromatic heterocycles. The lowest BCUT2D eigenvalue weighted by molar-refractivity contribution is -0.160. The van der Waals surface area contributed by atoms with Crippen molar-refractivity contribution in [2.75, 3.05) is 46.4 Å². The van der Waals surface area contributed by atoms with Crippen molar-refractivity contribution < 1.29 is 14.6 Å². The zero-order valence-corrected chi connectivity index (χ0v) is 14.4. The summed E-state index contributed by atoms with van der Waals surface area (Å²) in [6.45, 7) is 8.89. The maximum atomic E-state index is 12.6. The number of aliphatic hydroxyl groups is 1. The van der Waals surface area contributed by atoms with Gasteiger partial charge in [0.15, 0.2) is 5.60 Å². The van der Waals surface area contributed by atoms with Crippen LogP contribution in [0.2, 0.25) is 0 Å². The van der Waals surface area contributed by atoms with Crippen LogP contribution >= 0.6 is 0 Å². The normalized spacial score (nSPS) is 28.6. The van der Waals surface area contributed by atoms with E-state index < -0.39 is 5.60 Å². The molecule has 0 aromatic rings. The molecule has 22 heavy (non-hydrogen) atoms. The first kappa shape index (κ1) is 17.7. The predicted molar refractivity (Wildman–Crippen MR) is 86.6 cm³/mol. The van der Waals surface area contributed by atoms with E-state index in [-0.39, 0.29) is 5.91 Å². The summed E-state index contributed by atoms with van der Waals surface area (Å²) >= 11 is 0. The van der Waals surface area contributed by atoms with Crippen molar-refractivity contribution >= 4 is 5.91 Å². The number of carbonyl (C=O) groups excluding carboxylic acids is 1. The average molecular weight is 312 g/mol. The standard InChI is InChI=1S/C17H32N2O3/c1-14(2)15-5-9-18(10-6-15)13-17(21)7-4-8-19(16(17)20)11-12-22-3/h14-15,21H,4-13H2,1-3H3/t17-/m1/s1. The van der Waals surface area contributed by atoms with Crippen LogP contribution < -0.4 is 0 Å². The number of ether oxygens (including phenoxy) is 1. The predicted octanol–water partition coefficient (Wildman–Crippen LogP) is 1.35. The van der Waals surface area contributed by atoms with Crippen LogP contribution in [0.1, 0.15) is 39.5 Å². The van der Waals surface area contributed by atoms with E-state index in [2.05, 4.69) is 18.7 Å². The third-order valence-electron chi connectivity index (χ3n) is 5.33. The molecule has 128 valence electrons. The van der Waals surface area contributed by atoms with E-state index in [4.69, 9.17) is 4.74 Å². The fraction of sp³-hybridized carbons (Fsp3) is 0.941. The first-order valence-corrected chi connectivity index (χ1v) is 8.69. The molecule has 0 aliphatic carbocycles. The highest BCUT2D eigenvalue weighted by Crippen LogP contribution is 2.28. The smallest absolute Gasteiger partial charge is 0.255 e. The summed E-state index contributed by atoms with van der Waals surface area (Å²) in [5, 5.41) is 10.9. The first-order chi connectivity index (χ1) is 10.5. The van der Waals surface area contributed by atoms with E-state index in [9.17, 15) is 9.90 Å². The molecule has 5 heteroatoms. The summed E-state index contributed by atoms with van der Waals surface area (Å²) in [6, 6.07) is 0. The van der Waals surface area contributed by atoms with Crippen LogP contribution in [-0.4, -0.2) is 72.9 Å². The SMILES string of the molecule is COCCN1CCC[C@@](O)(CN2CCC(C(C)C)CC2)C1=O. The van der Waals surface area contributed by atoms with Gasteiger partial charge in [-0.3, -0.25) is 9.69 Å². The molecule has 1 N–H and O–H groups in total. The number of piperidine rings is 2. The summed E-state index contributed by atoms with van der Waals surface area (Å²) in [7, 11) is 1.64. The number of amides is 1. The van der Waals surface area contributed by atoms with Crippen LogP contribution in [-0.2, 0) is 9.53 Å². The average Bonchev–Trinajstić information content (AvgIpc) is 2.49. The molecular formula is C17H32N2O3. The number of β-amino-alcohol motifs (C(OH)–C–C–N with tert-alkyl or cyclic N) is 1. The van der Waals surface area contributed by atoms with Gasteiger partial charge in [0.2, 0.25) is 0 Å². The lowest BCUT2D eigenvalue weighted by Gasteiger charge is -2.42. The Morgan fingerprint density at radius 2 is 2.00 bits per heavy atom. The molecule has 2 aliphatic rings. The Morgan fingerprint density at radius 1 is 1.32 bits per heavy atom. The molecule has 2 heterocycles. The van der Waals surface area contributed by atoms with Gasteiger partial charge in [-0.2, -0.15) is 0 Å². The maximum absolute atomic E-state index is 12.6. The highest BCUT2D eigenvalue weighted by molar-refractivity contribution is 5.86. The van der Waals surface area contributed by atoms with Gasteiger partial charge in [-0.05, 0) is 50.6 Å². The van der Waals surface area contributed by atoms with Crippen LogP contribution in [0.25, 0.3) is 0 Å². The first-order valence-electron chi connectivity index (χ1n) is 8.69. The summed E-state index contributed by atoms with van der Waals surface area (Å²) in [6.07, 6.45) is 3.80. The Kier molecular flexibility index (Phi) is 6.24. The highest BCUT2D eigenvalue weighted by atomic mass is 16.5. The van der Waals surface area contributed by atoms with Gasteiger partial charge in [-0.1, -0.05) is 13.8 Å². The number of hydrogen-bond donors (Lipinski definition) is 1. The van der Waals surface area contributed by atoms with Crippen molar-refractivity contribution in [3.05, 3.63) is 0 Å². The lowest BCUT2D eigenvalue weighted by atomic mass is 9.85. The van der Waals surface area contributed by atoms with Crippen molar-refractivity contribution in [3.8, 4) is 0 Å². The fourth-order valence-electron chi connectivity index (χ4n) is 3.77. The summed E-state index contributed by atoms with van der Waals surface area (Å²) in [5.74, 6) is 1.40. The van der Waals surface area contributed by atoms with E-state index in [1.807, 2.05) is 0 Å². The Bertz CT molecular complexity index is 367. The minimum Gasteiger partial charge on any atom is -0.383 e. The van der Waals surface area contributed by atoms with Crippen molar-refractivity contribution in [1.82, 2.24) is 9.80 Å². The molecular weight excluding hydrogens is 280 g/mol. The quantitative estimate of drug-likeness (QED) is 0.804. The van der Waals surface area contributed by atoms with Gasteiger partial charge < -0.3 is 14.7 Å². The topological polar surface area (TPSA) is 53.0 Å². The second-order valence-electron chi connectivity index (χ2n) is 7.28. The number of rotatable bonds is 6. The minimum absolute atomic E-state index is 0.109. The number of carbonyl (C=O) groups is 1. The van der Waals surface area contributed by atoms with Gasteiger partial charge in [0, 0.05) is 26.7 Å². The summed E-state index contributed by atoms with van der Waals surface area (Å²) in [4.78, 5) is 16.6. The maximum Gasteiger partial charge on any atom is 0.255 e. The number of hydrogen-bond acceptors (Lipinski definition) is 4. The molecule has 0 spiro atoms. The van der Waals surface area contributed by atoms with E-state index in [0.29, 0.717) is 26.1 Å². The summed E-state index contributed by atoms with van der Waals surface area (Å²) in [5.41, 5.74) is -1.20. The molecule has 5 nitrogen and oxygen atoms in total. The fourth-order valence-corrected chi connectivity index (χ4v) is 3.77.